The average Bonchev–Trinajstić information content (AvgIpc) is 3.30. The second-order valence-corrected chi connectivity index (χ2v) is 6.47. The first kappa shape index (κ1) is 17.0. The third kappa shape index (κ3) is 5.65. The van der Waals surface area contributed by atoms with E-state index >= 15 is 0 Å². The lowest BCUT2D eigenvalue weighted by Gasteiger charge is -2.08. The molecule has 0 aliphatic heterocycles. The van der Waals surface area contributed by atoms with Crippen LogP contribution >= 0.6 is 0 Å². The maximum atomic E-state index is 5.48. The molecule has 4 heteroatoms. The van der Waals surface area contributed by atoms with E-state index in [1.165, 1.54) is 18.4 Å². The molecule has 0 spiro atoms. The zero-order valence-electron chi connectivity index (χ0n) is 14.8. The molecule has 25 heavy (non-hydrogen) atoms. The molecule has 2 aromatic rings. The molecule has 1 fully saturated rings. The van der Waals surface area contributed by atoms with E-state index in [0.29, 0.717) is 19.1 Å². The molecule has 3 rings (SSSR count). The van der Waals surface area contributed by atoms with Crippen LogP contribution in [-0.2, 0) is 11.4 Å². The van der Waals surface area contributed by atoms with Crippen LogP contribution in [0.2, 0.25) is 0 Å². The summed E-state index contributed by atoms with van der Waals surface area (Å²) < 4.78 is 1.98. The molecule has 1 heterocycles. The van der Waals surface area contributed by atoms with Crippen LogP contribution in [0.1, 0.15) is 37.8 Å². The average molecular weight is 333 g/mol. The highest BCUT2D eigenvalue weighted by molar-refractivity contribution is 6.00. The van der Waals surface area contributed by atoms with E-state index in [4.69, 9.17) is 4.84 Å². The summed E-state index contributed by atoms with van der Waals surface area (Å²) in [6.07, 6.45) is 9.96. The van der Waals surface area contributed by atoms with E-state index in [1.807, 2.05) is 42.8 Å². The Morgan fingerprint density at radius 3 is 2.76 bits per heavy atom. The molecule has 0 atom stereocenters. The fourth-order valence-corrected chi connectivity index (χ4v) is 2.20. The SMILES string of the molecule is CC(C)=CCON=C(Cn1ccnc1)c1ccc(C#CC2CC2)cc1. The molecule has 1 aromatic heterocycles. The number of nitrogens with zero attached hydrogens (tertiary/aromatic N) is 3. The highest BCUT2D eigenvalue weighted by Gasteiger charge is 2.17. The molecular weight excluding hydrogens is 310 g/mol. The van der Waals surface area contributed by atoms with E-state index in [0.717, 1.165) is 16.8 Å². The Hall–Kier alpha value is -2.80. The van der Waals surface area contributed by atoms with Crippen LogP contribution in [-0.4, -0.2) is 21.9 Å². The van der Waals surface area contributed by atoms with E-state index in [-0.39, 0.29) is 0 Å². The quantitative estimate of drug-likeness (QED) is 0.263. The third-order valence-electron chi connectivity index (χ3n) is 3.85. The summed E-state index contributed by atoms with van der Waals surface area (Å²) in [6.45, 7) is 5.17. The van der Waals surface area contributed by atoms with Crippen LogP contribution in [0.15, 0.2) is 59.8 Å². The van der Waals surface area contributed by atoms with Gasteiger partial charge in [-0.2, -0.15) is 0 Å². The van der Waals surface area contributed by atoms with Gasteiger partial charge >= 0.3 is 0 Å². The van der Waals surface area contributed by atoms with Gasteiger partial charge < -0.3 is 9.40 Å². The number of imidazole rings is 1. The van der Waals surface area contributed by atoms with Gasteiger partial charge in [0.25, 0.3) is 0 Å². The Kier molecular flexibility index (Phi) is 5.69. The van der Waals surface area contributed by atoms with Gasteiger partial charge in [0.05, 0.1) is 12.9 Å². The summed E-state index contributed by atoms with van der Waals surface area (Å²) in [4.78, 5) is 9.57. The lowest BCUT2D eigenvalue weighted by Crippen LogP contribution is -2.11. The maximum absolute atomic E-state index is 5.48. The van der Waals surface area contributed by atoms with Gasteiger partial charge in [-0.25, -0.2) is 4.98 Å². The van der Waals surface area contributed by atoms with Crippen molar-refractivity contribution >= 4 is 5.71 Å². The molecule has 0 saturated heterocycles. The Labute approximate surface area is 149 Å². The van der Waals surface area contributed by atoms with Gasteiger partial charge in [0.1, 0.15) is 12.3 Å². The van der Waals surface area contributed by atoms with Crippen molar-refractivity contribution in [1.82, 2.24) is 9.55 Å². The van der Waals surface area contributed by atoms with Crippen LogP contribution in [0.25, 0.3) is 0 Å². The summed E-state index contributed by atoms with van der Waals surface area (Å²) in [6, 6.07) is 8.20. The van der Waals surface area contributed by atoms with Gasteiger partial charge in [-0.15, -0.1) is 0 Å². The summed E-state index contributed by atoms with van der Waals surface area (Å²) in [5.41, 5.74) is 4.15. The minimum Gasteiger partial charge on any atom is -0.391 e. The molecule has 0 bridgehead atoms. The van der Waals surface area contributed by atoms with Crippen LogP contribution < -0.4 is 0 Å². The molecular formula is C21H23N3O. The largest absolute Gasteiger partial charge is 0.391 e. The zero-order valence-corrected chi connectivity index (χ0v) is 14.8. The highest BCUT2D eigenvalue weighted by atomic mass is 16.6. The second-order valence-electron chi connectivity index (χ2n) is 6.47. The smallest absolute Gasteiger partial charge is 0.135 e. The number of rotatable bonds is 6. The van der Waals surface area contributed by atoms with Crippen molar-refractivity contribution in [3.8, 4) is 11.8 Å². The topological polar surface area (TPSA) is 39.4 Å². The predicted molar refractivity (Wildman–Crippen MR) is 100 cm³/mol. The standard InChI is InChI=1S/C21H23N3O/c1-17(2)11-14-25-23-21(15-24-13-12-22-16-24)20-9-7-19(8-10-20)6-5-18-3-4-18/h7-13,16,18H,3-4,14-15H2,1-2H3. The first-order chi connectivity index (χ1) is 12.2. The second kappa shape index (κ2) is 8.34. The molecule has 1 saturated carbocycles. The molecule has 128 valence electrons. The summed E-state index contributed by atoms with van der Waals surface area (Å²) in [5.74, 6) is 7.14. The van der Waals surface area contributed by atoms with Gasteiger partial charge in [0, 0.05) is 29.4 Å². The Morgan fingerprint density at radius 2 is 2.12 bits per heavy atom. The van der Waals surface area contributed by atoms with Crippen molar-refractivity contribution in [3.63, 3.8) is 0 Å². The minimum atomic E-state index is 0.473. The van der Waals surface area contributed by atoms with E-state index in [1.54, 1.807) is 12.5 Å². The number of aromatic nitrogens is 2. The van der Waals surface area contributed by atoms with Crippen molar-refractivity contribution in [1.29, 1.82) is 0 Å². The molecule has 1 aromatic carbocycles. The first-order valence-electron chi connectivity index (χ1n) is 8.60. The molecule has 0 unspecified atom stereocenters. The van der Waals surface area contributed by atoms with Gasteiger partial charge in [-0.3, -0.25) is 0 Å². The van der Waals surface area contributed by atoms with Gasteiger partial charge in [0.2, 0.25) is 0 Å². The van der Waals surface area contributed by atoms with E-state index < -0.39 is 0 Å². The Balaban J connectivity index is 1.74. The van der Waals surface area contributed by atoms with Gasteiger partial charge in [0.15, 0.2) is 0 Å². The van der Waals surface area contributed by atoms with Gasteiger partial charge in [-0.05, 0) is 44.9 Å². The Morgan fingerprint density at radius 1 is 1.32 bits per heavy atom. The van der Waals surface area contributed by atoms with Crippen LogP contribution in [0, 0.1) is 17.8 Å². The van der Waals surface area contributed by atoms with Crippen LogP contribution in [0.5, 0.6) is 0 Å². The van der Waals surface area contributed by atoms with Crippen molar-refractivity contribution in [2.24, 2.45) is 11.1 Å². The molecule has 0 N–H and O–H groups in total. The van der Waals surface area contributed by atoms with E-state index in [2.05, 4.69) is 34.1 Å². The van der Waals surface area contributed by atoms with Crippen LogP contribution in [0.3, 0.4) is 0 Å². The molecule has 4 nitrogen and oxygen atoms in total. The molecule has 1 aliphatic carbocycles. The highest BCUT2D eigenvalue weighted by Crippen LogP contribution is 2.27. The molecule has 1 aliphatic rings. The lowest BCUT2D eigenvalue weighted by molar-refractivity contribution is 0.173. The Bertz CT molecular complexity index is 797. The van der Waals surface area contributed by atoms with E-state index in [9.17, 15) is 0 Å². The van der Waals surface area contributed by atoms with Crippen LogP contribution in [0.4, 0.5) is 0 Å². The number of hydrogen-bond donors (Lipinski definition) is 0. The normalized spacial score (nSPS) is 13.8. The summed E-state index contributed by atoms with van der Waals surface area (Å²) in [7, 11) is 0. The number of allylic oxidation sites excluding steroid dienone is 1. The van der Waals surface area contributed by atoms with Crippen molar-refractivity contribution < 1.29 is 4.84 Å². The van der Waals surface area contributed by atoms with Crippen molar-refractivity contribution in [3.05, 3.63) is 65.8 Å². The zero-order chi connectivity index (χ0) is 17.5. The molecule has 0 radical (unpaired) electrons. The summed E-state index contributed by atoms with van der Waals surface area (Å²) >= 11 is 0. The number of hydrogen-bond acceptors (Lipinski definition) is 3. The van der Waals surface area contributed by atoms with Crippen molar-refractivity contribution in [2.75, 3.05) is 6.61 Å². The number of oxime groups is 1. The lowest BCUT2D eigenvalue weighted by atomic mass is 10.1. The fraction of sp³-hybridized carbons (Fsp3) is 0.333. The van der Waals surface area contributed by atoms with Gasteiger partial charge in [-0.1, -0.05) is 34.7 Å². The minimum absolute atomic E-state index is 0.473. The maximum Gasteiger partial charge on any atom is 0.135 e. The summed E-state index contributed by atoms with van der Waals surface area (Å²) in [5, 5.41) is 4.34. The molecule has 0 amide bonds. The first-order valence-corrected chi connectivity index (χ1v) is 8.60. The predicted octanol–water partition coefficient (Wildman–Crippen LogP) is 4.03. The van der Waals surface area contributed by atoms with Crippen molar-refractivity contribution in [2.45, 2.75) is 33.2 Å². The number of benzene rings is 1. The monoisotopic (exact) mass is 333 g/mol. The third-order valence-corrected chi connectivity index (χ3v) is 3.85. The fourth-order valence-electron chi connectivity index (χ4n) is 2.20.